The van der Waals surface area contributed by atoms with E-state index in [1.54, 1.807) is 24.3 Å². The molecule has 0 aliphatic carbocycles. The minimum absolute atomic E-state index is 0.000533. The van der Waals surface area contributed by atoms with E-state index < -0.39 is 10.0 Å². The number of carbonyl (C=O) groups excluding carboxylic acids is 1. The number of rotatable bonds is 8. The number of hydrogen-bond acceptors (Lipinski definition) is 5. The molecule has 33 heavy (non-hydrogen) atoms. The Labute approximate surface area is 200 Å². The predicted molar refractivity (Wildman–Crippen MR) is 130 cm³/mol. The van der Waals surface area contributed by atoms with Crippen LogP contribution in [0.3, 0.4) is 0 Å². The lowest BCUT2D eigenvalue weighted by Crippen LogP contribution is -2.42. The number of halogens is 1. The van der Waals surface area contributed by atoms with Crippen LogP contribution in [0.2, 0.25) is 5.02 Å². The van der Waals surface area contributed by atoms with Gasteiger partial charge in [-0.2, -0.15) is 0 Å². The van der Waals surface area contributed by atoms with E-state index in [4.69, 9.17) is 16.3 Å². The standard InChI is InChI=1S/C24H30ClN3O4S/c1-2-32-20-9-7-18(8-10-20)26-33(30,31)21-11-12-23(25)22(16-21)24(29)28-15-5-6-19(28)17-27-13-3-4-14-27/h7-12,16,19,26H,2-6,13-15,17H2,1H3. The Morgan fingerprint density at radius 1 is 1.09 bits per heavy atom. The van der Waals surface area contributed by atoms with Crippen molar-refractivity contribution in [3.8, 4) is 5.75 Å². The Bertz CT molecular complexity index is 1090. The quantitative estimate of drug-likeness (QED) is 0.597. The van der Waals surface area contributed by atoms with E-state index in [1.165, 1.54) is 31.0 Å². The van der Waals surface area contributed by atoms with E-state index in [0.29, 0.717) is 24.6 Å². The maximum atomic E-state index is 13.4. The van der Waals surface area contributed by atoms with Gasteiger partial charge < -0.3 is 14.5 Å². The van der Waals surface area contributed by atoms with Crippen molar-refractivity contribution in [2.24, 2.45) is 0 Å². The molecule has 4 rings (SSSR count). The van der Waals surface area contributed by atoms with E-state index in [0.717, 1.165) is 32.5 Å². The van der Waals surface area contributed by atoms with Crippen LogP contribution in [0.15, 0.2) is 47.4 Å². The third kappa shape index (κ3) is 5.62. The summed E-state index contributed by atoms with van der Waals surface area (Å²) in [6.45, 7) is 6.08. The minimum Gasteiger partial charge on any atom is -0.494 e. The molecular formula is C24H30ClN3O4S. The molecular weight excluding hydrogens is 462 g/mol. The molecule has 178 valence electrons. The summed E-state index contributed by atoms with van der Waals surface area (Å²) in [4.78, 5) is 17.6. The number of benzene rings is 2. The topological polar surface area (TPSA) is 78.9 Å². The van der Waals surface area contributed by atoms with Crippen molar-refractivity contribution in [2.45, 2.75) is 43.5 Å². The zero-order valence-electron chi connectivity index (χ0n) is 18.8. The molecule has 9 heteroatoms. The van der Waals surface area contributed by atoms with Crippen LogP contribution in [-0.4, -0.2) is 63.0 Å². The first kappa shape index (κ1) is 23.9. The van der Waals surface area contributed by atoms with Gasteiger partial charge in [0.05, 0.1) is 22.1 Å². The monoisotopic (exact) mass is 491 g/mol. The van der Waals surface area contributed by atoms with Gasteiger partial charge in [-0.3, -0.25) is 9.52 Å². The smallest absolute Gasteiger partial charge is 0.261 e. The normalized spacial score (nSPS) is 19.1. The summed E-state index contributed by atoms with van der Waals surface area (Å²) in [6, 6.07) is 11.1. The highest BCUT2D eigenvalue weighted by atomic mass is 35.5. The van der Waals surface area contributed by atoms with Gasteiger partial charge in [0.2, 0.25) is 0 Å². The number of likely N-dealkylation sites (tertiary alicyclic amines) is 2. The molecule has 2 saturated heterocycles. The van der Waals surface area contributed by atoms with Gasteiger partial charge in [-0.05, 0) is 88.2 Å². The third-order valence-electron chi connectivity index (χ3n) is 6.20. The van der Waals surface area contributed by atoms with Crippen LogP contribution in [0.25, 0.3) is 0 Å². The largest absolute Gasteiger partial charge is 0.494 e. The fourth-order valence-electron chi connectivity index (χ4n) is 4.55. The van der Waals surface area contributed by atoms with Crippen molar-refractivity contribution in [3.63, 3.8) is 0 Å². The lowest BCUT2D eigenvalue weighted by Gasteiger charge is -2.29. The molecule has 1 atom stereocenters. The lowest BCUT2D eigenvalue weighted by molar-refractivity contribution is 0.0708. The molecule has 2 aromatic carbocycles. The van der Waals surface area contributed by atoms with Crippen molar-refractivity contribution in [2.75, 3.05) is 37.5 Å². The van der Waals surface area contributed by atoms with Crippen LogP contribution in [-0.2, 0) is 10.0 Å². The Morgan fingerprint density at radius 2 is 1.82 bits per heavy atom. The highest BCUT2D eigenvalue weighted by Gasteiger charge is 2.32. The molecule has 1 amide bonds. The minimum atomic E-state index is -3.90. The second-order valence-electron chi connectivity index (χ2n) is 8.51. The second kappa shape index (κ2) is 10.3. The summed E-state index contributed by atoms with van der Waals surface area (Å²) >= 11 is 6.36. The lowest BCUT2D eigenvalue weighted by atomic mass is 10.1. The molecule has 1 N–H and O–H groups in total. The van der Waals surface area contributed by atoms with Gasteiger partial charge in [-0.25, -0.2) is 8.42 Å². The van der Waals surface area contributed by atoms with Crippen molar-refractivity contribution in [1.82, 2.24) is 9.80 Å². The number of sulfonamides is 1. The Kier molecular flexibility index (Phi) is 7.46. The summed E-state index contributed by atoms with van der Waals surface area (Å²) < 4.78 is 33.9. The van der Waals surface area contributed by atoms with Gasteiger partial charge in [-0.1, -0.05) is 11.6 Å². The molecule has 0 saturated carbocycles. The highest BCUT2D eigenvalue weighted by molar-refractivity contribution is 7.92. The maximum Gasteiger partial charge on any atom is 0.261 e. The Hall–Kier alpha value is -2.29. The SMILES string of the molecule is CCOc1ccc(NS(=O)(=O)c2ccc(Cl)c(C(=O)N3CCCC3CN3CCCC3)c2)cc1. The number of carbonyl (C=O) groups is 1. The number of anilines is 1. The van der Waals surface area contributed by atoms with E-state index in [-0.39, 0.29) is 27.4 Å². The zero-order valence-corrected chi connectivity index (χ0v) is 20.4. The van der Waals surface area contributed by atoms with Gasteiger partial charge in [0, 0.05) is 24.8 Å². The van der Waals surface area contributed by atoms with Crippen molar-refractivity contribution in [1.29, 1.82) is 0 Å². The molecule has 0 aromatic heterocycles. The van der Waals surface area contributed by atoms with E-state index in [9.17, 15) is 13.2 Å². The van der Waals surface area contributed by atoms with Gasteiger partial charge >= 0.3 is 0 Å². The molecule has 2 aliphatic heterocycles. The molecule has 7 nitrogen and oxygen atoms in total. The fourth-order valence-corrected chi connectivity index (χ4v) is 5.83. The molecule has 0 radical (unpaired) electrons. The Morgan fingerprint density at radius 3 is 2.52 bits per heavy atom. The summed E-state index contributed by atoms with van der Waals surface area (Å²) in [6.07, 6.45) is 4.30. The molecule has 0 spiro atoms. The van der Waals surface area contributed by atoms with Crippen LogP contribution in [0.4, 0.5) is 5.69 Å². The molecule has 2 aliphatic rings. The average Bonchev–Trinajstić information content (AvgIpc) is 3.47. The zero-order chi connectivity index (χ0) is 23.4. The van der Waals surface area contributed by atoms with E-state index in [2.05, 4.69) is 9.62 Å². The van der Waals surface area contributed by atoms with E-state index in [1.807, 2.05) is 11.8 Å². The van der Waals surface area contributed by atoms with Gasteiger partial charge in [0.15, 0.2) is 0 Å². The summed E-state index contributed by atoms with van der Waals surface area (Å²) in [7, 11) is -3.90. The molecule has 2 heterocycles. The Balaban J connectivity index is 1.52. The van der Waals surface area contributed by atoms with Gasteiger partial charge in [-0.15, -0.1) is 0 Å². The maximum absolute atomic E-state index is 13.4. The molecule has 1 unspecified atom stereocenters. The highest BCUT2D eigenvalue weighted by Crippen LogP contribution is 2.28. The van der Waals surface area contributed by atoms with E-state index >= 15 is 0 Å². The van der Waals surface area contributed by atoms with Crippen LogP contribution in [0, 0.1) is 0 Å². The van der Waals surface area contributed by atoms with Crippen LogP contribution in [0.5, 0.6) is 5.75 Å². The van der Waals surface area contributed by atoms with Gasteiger partial charge in [0.1, 0.15) is 5.75 Å². The first-order valence-electron chi connectivity index (χ1n) is 11.5. The van der Waals surface area contributed by atoms with Crippen LogP contribution >= 0.6 is 11.6 Å². The first-order chi connectivity index (χ1) is 15.9. The molecule has 2 aromatic rings. The summed E-state index contributed by atoms with van der Waals surface area (Å²) in [5, 5.41) is 0.256. The number of hydrogen-bond donors (Lipinski definition) is 1. The first-order valence-corrected chi connectivity index (χ1v) is 13.3. The molecule has 2 fully saturated rings. The van der Waals surface area contributed by atoms with Crippen molar-refractivity contribution < 1.29 is 17.9 Å². The number of nitrogens with zero attached hydrogens (tertiary/aromatic N) is 2. The summed E-state index contributed by atoms with van der Waals surface area (Å²) in [5.74, 6) is 0.453. The molecule has 0 bridgehead atoms. The van der Waals surface area contributed by atoms with Gasteiger partial charge in [0.25, 0.3) is 15.9 Å². The number of nitrogens with one attached hydrogen (secondary N) is 1. The van der Waals surface area contributed by atoms with Crippen LogP contribution < -0.4 is 9.46 Å². The third-order valence-corrected chi connectivity index (χ3v) is 7.91. The fraction of sp³-hybridized carbons (Fsp3) is 0.458. The van der Waals surface area contributed by atoms with Crippen LogP contribution in [0.1, 0.15) is 43.0 Å². The number of ether oxygens (including phenoxy) is 1. The van der Waals surface area contributed by atoms with Crippen molar-refractivity contribution >= 4 is 33.2 Å². The number of amides is 1. The average molecular weight is 492 g/mol. The predicted octanol–water partition coefficient (Wildman–Crippen LogP) is 4.24. The summed E-state index contributed by atoms with van der Waals surface area (Å²) in [5.41, 5.74) is 0.631. The second-order valence-corrected chi connectivity index (χ2v) is 10.6. The van der Waals surface area contributed by atoms with Crippen molar-refractivity contribution in [3.05, 3.63) is 53.1 Å².